The number of alkyl halides is 1. The van der Waals surface area contributed by atoms with Gasteiger partial charge in [-0.25, -0.2) is 0 Å². The Labute approximate surface area is 225 Å². The predicted molar refractivity (Wildman–Crippen MR) is 154 cm³/mol. The number of carbonyl (C=O) groups excluding carboxylic acids is 2. The Hall–Kier alpha value is -3.08. The monoisotopic (exact) mass is 618 g/mol. The van der Waals surface area contributed by atoms with E-state index in [9.17, 15) is 14.7 Å². The first-order valence-corrected chi connectivity index (χ1v) is 16.2. The molecule has 1 atom stereocenters. The van der Waals surface area contributed by atoms with E-state index in [-0.39, 0.29) is 11.9 Å². The van der Waals surface area contributed by atoms with Gasteiger partial charge >= 0.3 is 226 Å². The van der Waals surface area contributed by atoms with Gasteiger partial charge in [0.05, 0.1) is 0 Å². The number of guanidine groups is 1. The number of hydrogen-bond donors (Lipinski definition) is 2. The Morgan fingerprint density at radius 1 is 1.19 bits per heavy atom. The van der Waals surface area contributed by atoms with Gasteiger partial charge in [-0.05, 0) is 0 Å². The van der Waals surface area contributed by atoms with Gasteiger partial charge in [0, 0.05) is 0 Å². The Bertz CT molecular complexity index is 1200. The van der Waals surface area contributed by atoms with E-state index in [1.807, 2.05) is 54.8 Å². The van der Waals surface area contributed by atoms with Crippen LogP contribution in [0.5, 0.6) is 5.75 Å². The second-order valence-electron chi connectivity index (χ2n) is 9.30. The van der Waals surface area contributed by atoms with Crippen molar-refractivity contribution in [1.82, 2.24) is 15.1 Å². The van der Waals surface area contributed by atoms with E-state index >= 15 is 0 Å². The molecule has 8 nitrogen and oxygen atoms in total. The topological polar surface area (TPSA) is 94.5 Å². The molecule has 4 rings (SSSR count). The third kappa shape index (κ3) is 6.08. The molecule has 2 aliphatic rings. The molecule has 0 aliphatic carbocycles. The maximum atomic E-state index is 13.2. The van der Waals surface area contributed by atoms with Gasteiger partial charge in [0.15, 0.2) is 0 Å². The van der Waals surface area contributed by atoms with Crippen molar-refractivity contribution in [2.45, 2.75) is 39.3 Å². The molecule has 0 spiro atoms. The van der Waals surface area contributed by atoms with Crippen molar-refractivity contribution < 1.29 is 19.4 Å². The molecule has 1 amide bonds. The zero-order valence-corrected chi connectivity index (χ0v) is 23.9. The first-order valence-electron chi connectivity index (χ1n) is 12.5. The second-order valence-corrected chi connectivity index (χ2v) is 14.6. The molecule has 0 bridgehead atoms. The summed E-state index contributed by atoms with van der Waals surface area (Å²) >= 11 is -1.86. The number of aromatic hydroxyl groups is 1. The summed E-state index contributed by atoms with van der Waals surface area (Å²) in [5.41, 5.74) is 1.93. The summed E-state index contributed by atoms with van der Waals surface area (Å²) in [7, 11) is 1.71. The number of esters is 1. The van der Waals surface area contributed by atoms with Crippen molar-refractivity contribution >= 4 is 35.7 Å². The summed E-state index contributed by atoms with van der Waals surface area (Å²) in [6.07, 6.45) is 0.447. The Kier molecular flexibility index (Phi) is 8.73. The molecule has 1 saturated heterocycles. The normalized spacial score (nSPS) is 20.1. The van der Waals surface area contributed by atoms with Gasteiger partial charge in [-0.2, -0.15) is 0 Å². The van der Waals surface area contributed by atoms with Crippen molar-refractivity contribution in [2.75, 3.05) is 31.1 Å². The molecular weight excluding hydrogens is 583 g/mol. The van der Waals surface area contributed by atoms with E-state index in [0.717, 1.165) is 16.5 Å². The van der Waals surface area contributed by atoms with Crippen molar-refractivity contribution in [3.8, 4) is 5.75 Å². The van der Waals surface area contributed by atoms with Crippen LogP contribution in [0.3, 0.4) is 0 Å². The van der Waals surface area contributed by atoms with Crippen LogP contribution >= 0.6 is 19.8 Å². The number of hydrogen-bond acceptors (Lipinski definition) is 5. The first-order chi connectivity index (χ1) is 17.8. The molecule has 198 valence electrons. The average Bonchev–Trinajstić information content (AvgIpc) is 3.24. The molecular formula is C28H35IN4O4. The number of nitrogens with one attached hydrogen (secondary N) is 1. The van der Waals surface area contributed by atoms with Crippen LogP contribution in [0.2, 0.25) is 0 Å². The molecule has 37 heavy (non-hydrogen) atoms. The summed E-state index contributed by atoms with van der Waals surface area (Å²) in [5, 5.41) is 13.5. The summed E-state index contributed by atoms with van der Waals surface area (Å²) in [6, 6.07) is 16.6. The van der Waals surface area contributed by atoms with Crippen LogP contribution in [0.1, 0.15) is 38.8 Å². The van der Waals surface area contributed by atoms with Crippen molar-refractivity contribution in [3.63, 3.8) is 0 Å². The summed E-state index contributed by atoms with van der Waals surface area (Å²) in [6.45, 7) is 7.50. The molecule has 1 unspecified atom stereocenters. The number of halogens is 1. The van der Waals surface area contributed by atoms with Gasteiger partial charge in [-0.1, -0.05) is 0 Å². The van der Waals surface area contributed by atoms with Crippen molar-refractivity contribution in [3.05, 3.63) is 75.0 Å². The molecule has 2 aromatic rings. The quantitative estimate of drug-likeness (QED) is 0.146. The third-order valence-corrected chi connectivity index (χ3v) is 11.9. The van der Waals surface area contributed by atoms with Gasteiger partial charge in [0.25, 0.3) is 0 Å². The van der Waals surface area contributed by atoms with Crippen LogP contribution in [0.25, 0.3) is 0 Å². The maximum absolute atomic E-state index is 13.2. The van der Waals surface area contributed by atoms with Crippen molar-refractivity contribution in [2.24, 2.45) is 4.99 Å². The predicted octanol–water partition coefficient (Wildman–Crippen LogP) is 4.75. The van der Waals surface area contributed by atoms with E-state index < -0.39 is 31.8 Å². The van der Waals surface area contributed by atoms with Crippen LogP contribution in [0.4, 0.5) is 4.79 Å². The zero-order valence-electron chi connectivity index (χ0n) is 21.8. The van der Waals surface area contributed by atoms with E-state index in [2.05, 4.69) is 22.4 Å². The Morgan fingerprint density at radius 3 is 2.62 bits per heavy atom. The molecule has 2 aliphatic heterocycles. The van der Waals surface area contributed by atoms with Gasteiger partial charge in [-0.3, -0.25) is 0 Å². The average molecular weight is 619 g/mol. The first kappa shape index (κ1) is 27.0. The zero-order chi connectivity index (χ0) is 26.5. The third-order valence-electron chi connectivity index (χ3n) is 6.33. The molecule has 9 heteroatoms. The number of rotatable bonds is 8. The molecule has 2 aromatic carbocycles. The molecule has 1 fully saturated rings. The van der Waals surface area contributed by atoms with Crippen LogP contribution in [-0.2, 0) is 9.53 Å². The van der Waals surface area contributed by atoms with Crippen molar-refractivity contribution in [1.29, 1.82) is 0 Å². The molecule has 2 N–H and O–H groups in total. The van der Waals surface area contributed by atoms with E-state index in [1.54, 1.807) is 25.2 Å². The number of carbonyl (C=O) groups is 2. The van der Waals surface area contributed by atoms with Gasteiger partial charge < -0.3 is 0 Å². The number of nitrogens with zero attached hydrogens (tertiary/aromatic N) is 3. The van der Waals surface area contributed by atoms with Crippen LogP contribution < -0.4 is 5.32 Å². The number of benzene rings is 2. The molecule has 0 aromatic heterocycles. The van der Waals surface area contributed by atoms with Gasteiger partial charge in [-0.15, -0.1) is 0 Å². The van der Waals surface area contributed by atoms with Gasteiger partial charge in [0.2, 0.25) is 0 Å². The minimum absolute atomic E-state index is 0.125. The molecule has 0 saturated carbocycles. The van der Waals surface area contributed by atoms with Crippen LogP contribution in [-0.4, -0.2) is 68.0 Å². The molecule has 0 radical (unpaired) electrons. The standard InChI is InChI=1S/C28H35IN4O4/c1-19(2)37-26(35)24-20(3)31-28(30-4)33(25(24)21-10-8-13-23(34)18-21)16-9-15-32-17-14-29(27(32)36)22-11-6-5-7-12-22/h5-8,10-13,18-19,25,34H,9,14-17H2,1-4H3,(H,30,31). The number of phenolic OH excluding ortho intramolecular Hbond substituents is 1. The van der Waals surface area contributed by atoms with E-state index in [4.69, 9.17) is 4.74 Å². The number of aliphatic imine (C=N–C) groups is 1. The SMILES string of the molecule is CN=C1NC(C)=C(C(=O)OC(C)C)C(c2cccc(O)c2)N1CCCN1CCI(c2ccccc2)C1=O. The second kappa shape index (κ2) is 12.0. The number of amides is 1. The van der Waals surface area contributed by atoms with E-state index in [0.29, 0.717) is 40.7 Å². The number of phenols is 1. The molecule has 2 heterocycles. The summed E-state index contributed by atoms with van der Waals surface area (Å²) < 4.78 is 8.11. The van der Waals surface area contributed by atoms with Gasteiger partial charge in [0.1, 0.15) is 0 Å². The number of ether oxygens (including phenoxy) is 1. The van der Waals surface area contributed by atoms with E-state index in [1.165, 1.54) is 3.57 Å². The Balaban J connectivity index is 1.55. The van der Waals surface area contributed by atoms with Crippen LogP contribution in [0, 0.1) is 3.57 Å². The minimum atomic E-state index is -1.86. The summed E-state index contributed by atoms with van der Waals surface area (Å²) in [5.74, 6) is 0.360. The number of allylic oxidation sites excluding steroid dienone is 1. The fraction of sp³-hybridized carbons (Fsp3) is 0.393. The fourth-order valence-corrected chi connectivity index (χ4v) is 9.96. The fourth-order valence-electron chi connectivity index (χ4n) is 4.69. The summed E-state index contributed by atoms with van der Waals surface area (Å²) in [4.78, 5) is 34.9. The van der Waals surface area contributed by atoms with Crippen LogP contribution in [0.15, 0.2) is 70.9 Å². The Morgan fingerprint density at radius 2 is 1.95 bits per heavy atom.